The fourth-order valence-corrected chi connectivity index (χ4v) is 4.12. The smallest absolute Gasteiger partial charge is 0.487 e. The highest BCUT2D eigenvalue weighted by atomic mass is 31.2. The van der Waals surface area contributed by atoms with Gasteiger partial charge in [0.05, 0.1) is 12.7 Å². The van der Waals surface area contributed by atoms with E-state index in [2.05, 4.69) is 11.4 Å². The summed E-state index contributed by atoms with van der Waals surface area (Å²) in [6.07, 6.45) is 7.04. The minimum Gasteiger partial charge on any atom is -0.487 e. The molecule has 0 amide bonds. The van der Waals surface area contributed by atoms with Gasteiger partial charge in [0.25, 0.3) is 5.76 Å². The Kier molecular flexibility index (Phi) is 14.4. The molecular weight excluding hydrogens is 471 g/mol. The van der Waals surface area contributed by atoms with Crippen molar-refractivity contribution in [2.75, 3.05) is 6.61 Å². The van der Waals surface area contributed by atoms with Gasteiger partial charge in [-0.05, 0) is 32.1 Å². The van der Waals surface area contributed by atoms with E-state index in [9.17, 15) is 24.4 Å². The summed E-state index contributed by atoms with van der Waals surface area (Å²) in [5.41, 5.74) is 0. The molecule has 198 valence electrons. The zero-order valence-corrected chi connectivity index (χ0v) is 20.7. The molecular formula is C22H39O11P. The zero-order valence-electron chi connectivity index (χ0n) is 19.8. The van der Waals surface area contributed by atoms with E-state index in [4.69, 9.17) is 24.4 Å². The van der Waals surface area contributed by atoms with Crippen LogP contribution in [0.2, 0.25) is 0 Å². The first-order chi connectivity index (χ1) is 16.1. The number of aliphatic carboxylic acids is 1. The minimum atomic E-state index is -5.13. The van der Waals surface area contributed by atoms with Gasteiger partial charge in [0, 0.05) is 6.42 Å². The van der Waals surface area contributed by atoms with E-state index in [1.54, 1.807) is 0 Å². The van der Waals surface area contributed by atoms with Gasteiger partial charge < -0.3 is 29.3 Å². The molecule has 0 aromatic carbocycles. The number of carbonyl (C=O) groups excluding carboxylic acids is 1. The molecule has 0 saturated heterocycles. The SMILES string of the molecule is CCCCCCCCCCC(CCCCC(=O)O)OC1=C(OP(=O)(O)O)C(=O)OC1[C@@H](O)CO. The number of rotatable bonds is 20. The third-order valence-electron chi connectivity index (χ3n) is 5.49. The number of phosphoric acid groups is 1. The van der Waals surface area contributed by atoms with Crippen molar-refractivity contribution in [2.24, 2.45) is 0 Å². The van der Waals surface area contributed by atoms with Gasteiger partial charge >= 0.3 is 19.8 Å². The maximum Gasteiger partial charge on any atom is 0.525 e. The largest absolute Gasteiger partial charge is 0.525 e. The monoisotopic (exact) mass is 510 g/mol. The van der Waals surface area contributed by atoms with Crippen LogP contribution in [-0.4, -0.2) is 62.0 Å². The molecule has 0 spiro atoms. The number of esters is 1. The van der Waals surface area contributed by atoms with E-state index in [0.717, 1.165) is 25.7 Å². The number of aliphatic hydroxyl groups is 2. The van der Waals surface area contributed by atoms with E-state index in [1.807, 2.05) is 0 Å². The van der Waals surface area contributed by atoms with E-state index in [1.165, 1.54) is 25.7 Å². The Morgan fingerprint density at radius 3 is 2.12 bits per heavy atom. The van der Waals surface area contributed by atoms with Crippen molar-refractivity contribution in [1.82, 2.24) is 0 Å². The average Bonchev–Trinajstić information content (AvgIpc) is 3.05. The van der Waals surface area contributed by atoms with Crippen molar-refractivity contribution < 1.29 is 53.3 Å². The highest BCUT2D eigenvalue weighted by Gasteiger charge is 2.45. The molecule has 0 aliphatic carbocycles. The Balaban J connectivity index is 2.86. The molecule has 3 atom stereocenters. The van der Waals surface area contributed by atoms with Crippen molar-refractivity contribution >= 4 is 19.8 Å². The lowest BCUT2D eigenvalue weighted by Crippen LogP contribution is -2.33. The summed E-state index contributed by atoms with van der Waals surface area (Å²) in [4.78, 5) is 41.2. The lowest BCUT2D eigenvalue weighted by molar-refractivity contribution is -0.148. The van der Waals surface area contributed by atoms with Gasteiger partial charge in [0.1, 0.15) is 6.10 Å². The number of hydrogen-bond acceptors (Lipinski definition) is 8. The van der Waals surface area contributed by atoms with Gasteiger partial charge in [-0.15, -0.1) is 0 Å². The number of unbranched alkanes of at least 4 members (excludes halogenated alkanes) is 8. The normalized spacial score (nSPS) is 18.0. The Labute approximate surface area is 200 Å². The summed E-state index contributed by atoms with van der Waals surface area (Å²) in [7, 11) is -5.13. The molecule has 1 aliphatic heterocycles. The second kappa shape index (κ2) is 16.1. The molecule has 0 fully saturated rings. The van der Waals surface area contributed by atoms with Gasteiger partial charge in [-0.25, -0.2) is 9.36 Å². The maximum atomic E-state index is 12.1. The first kappa shape index (κ1) is 30.4. The quantitative estimate of drug-likeness (QED) is 0.0922. The van der Waals surface area contributed by atoms with Crippen molar-refractivity contribution in [1.29, 1.82) is 0 Å². The van der Waals surface area contributed by atoms with Crippen molar-refractivity contribution in [3.05, 3.63) is 11.5 Å². The van der Waals surface area contributed by atoms with E-state index in [-0.39, 0.29) is 12.2 Å². The molecule has 11 nitrogen and oxygen atoms in total. The summed E-state index contributed by atoms with van der Waals surface area (Å²) in [6.45, 7) is 1.38. The van der Waals surface area contributed by atoms with Crippen molar-refractivity contribution in [3.8, 4) is 0 Å². The number of hydrogen-bond donors (Lipinski definition) is 5. The first-order valence-corrected chi connectivity index (χ1v) is 13.5. The molecule has 0 radical (unpaired) electrons. The predicted molar refractivity (Wildman–Crippen MR) is 121 cm³/mol. The minimum absolute atomic E-state index is 0.00675. The second-order valence-corrected chi connectivity index (χ2v) is 9.66. The second-order valence-electron chi connectivity index (χ2n) is 8.49. The molecule has 0 bridgehead atoms. The molecule has 5 N–H and O–H groups in total. The van der Waals surface area contributed by atoms with E-state index in [0.29, 0.717) is 25.7 Å². The number of carbonyl (C=O) groups is 2. The Morgan fingerprint density at radius 2 is 1.59 bits per heavy atom. The Bertz CT molecular complexity index is 703. The third-order valence-corrected chi connectivity index (χ3v) is 5.91. The third kappa shape index (κ3) is 12.2. The fourth-order valence-electron chi connectivity index (χ4n) is 3.72. The van der Waals surface area contributed by atoms with E-state index < -0.39 is 50.4 Å². The van der Waals surface area contributed by atoms with Crippen molar-refractivity contribution in [2.45, 2.75) is 109 Å². The number of carboxylic acids is 1. The van der Waals surface area contributed by atoms with Crippen LogP contribution in [0.4, 0.5) is 0 Å². The van der Waals surface area contributed by atoms with E-state index >= 15 is 0 Å². The number of ether oxygens (including phenoxy) is 2. The standard InChI is InChI=1S/C22H39O11P/c1-2-3-4-5-6-7-8-9-12-16(13-10-11-14-18(25)26)31-20-19(17(24)15-23)32-22(27)21(20)33-34(28,29)30/h16-17,19,23-24H,2-15H2,1H3,(H,25,26)(H2,28,29,30)/t16?,17-,19?/m0/s1. The van der Waals surface area contributed by atoms with Crippen LogP contribution in [0.15, 0.2) is 11.5 Å². The molecule has 0 aromatic heterocycles. The lowest BCUT2D eigenvalue weighted by atomic mass is 10.0. The van der Waals surface area contributed by atoms with Crippen molar-refractivity contribution in [3.63, 3.8) is 0 Å². The van der Waals surface area contributed by atoms with Crippen LogP contribution in [0.5, 0.6) is 0 Å². The van der Waals surface area contributed by atoms with Crippen LogP contribution in [0.1, 0.15) is 90.4 Å². The van der Waals surface area contributed by atoms with Gasteiger partial charge in [0.2, 0.25) is 0 Å². The van der Waals surface area contributed by atoms with Crippen LogP contribution < -0.4 is 0 Å². The maximum absolute atomic E-state index is 12.1. The molecule has 1 rings (SSSR count). The first-order valence-electron chi connectivity index (χ1n) is 12.0. The van der Waals surface area contributed by atoms with Gasteiger partial charge in [-0.1, -0.05) is 51.9 Å². The lowest BCUT2D eigenvalue weighted by Gasteiger charge is -2.24. The summed E-state index contributed by atoms with van der Waals surface area (Å²) >= 11 is 0. The average molecular weight is 511 g/mol. The number of phosphoric ester groups is 1. The predicted octanol–water partition coefficient (Wildman–Crippen LogP) is 3.15. The fraction of sp³-hybridized carbons (Fsp3) is 0.818. The molecule has 1 heterocycles. The molecule has 0 saturated carbocycles. The van der Waals surface area contributed by atoms with Crippen LogP contribution in [0.3, 0.4) is 0 Å². The number of cyclic esters (lactones) is 1. The molecule has 34 heavy (non-hydrogen) atoms. The molecule has 0 aromatic rings. The Morgan fingerprint density at radius 1 is 1.03 bits per heavy atom. The summed E-state index contributed by atoms with van der Waals surface area (Å²) in [5, 5.41) is 28.2. The van der Waals surface area contributed by atoms with Gasteiger partial charge in [0.15, 0.2) is 11.9 Å². The van der Waals surface area contributed by atoms with Crippen LogP contribution in [-0.2, 0) is 28.2 Å². The Hall–Kier alpha value is -1.65. The highest BCUT2D eigenvalue weighted by Crippen LogP contribution is 2.43. The number of aliphatic hydroxyl groups excluding tert-OH is 2. The zero-order chi connectivity index (χ0) is 25.6. The molecule has 12 heteroatoms. The van der Waals surface area contributed by atoms with Crippen LogP contribution in [0, 0.1) is 0 Å². The van der Waals surface area contributed by atoms with Gasteiger partial charge in [-0.3, -0.25) is 14.6 Å². The summed E-state index contributed by atoms with van der Waals surface area (Å²) in [5.74, 6) is -3.34. The van der Waals surface area contributed by atoms with Gasteiger partial charge in [-0.2, -0.15) is 0 Å². The topological polar surface area (TPSA) is 180 Å². The van der Waals surface area contributed by atoms with Crippen LogP contribution in [0.25, 0.3) is 0 Å². The number of carboxylic acid groups (broad SMARTS) is 1. The highest BCUT2D eigenvalue weighted by molar-refractivity contribution is 7.46. The molecule has 2 unspecified atom stereocenters. The van der Waals surface area contributed by atoms with Crippen LogP contribution >= 0.6 is 7.82 Å². The summed E-state index contributed by atoms with van der Waals surface area (Å²) in [6, 6.07) is 0. The molecule has 1 aliphatic rings. The summed E-state index contributed by atoms with van der Waals surface area (Å²) < 4.78 is 26.6.